The van der Waals surface area contributed by atoms with Crippen molar-refractivity contribution in [3.8, 4) is 0 Å². The number of aryl methyl sites for hydroxylation is 1. The van der Waals surface area contributed by atoms with Gasteiger partial charge in [-0.2, -0.15) is 0 Å². The van der Waals surface area contributed by atoms with Crippen LogP contribution in [0.5, 0.6) is 0 Å². The minimum atomic E-state index is -3.56. The summed E-state index contributed by atoms with van der Waals surface area (Å²) in [6, 6.07) is 4.81. The van der Waals surface area contributed by atoms with Crippen LogP contribution in [0.1, 0.15) is 18.9 Å². The fourth-order valence-corrected chi connectivity index (χ4v) is 4.49. The molecule has 2 rings (SSSR count). The highest BCUT2D eigenvalue weighted by Gasteiger charge is 2.20. The SMILES string of the molecule is CC(CS(C)=O)NS(=O)(=O)c1ccc2c(c1)NCCC2. The normalized spacial score (nSPS) is 17.9. The monoisotopic (exact) mass is 316 g/mol. The van der Waals surface area contributed by atoms with E-state index in [1.807, 2.05) is 6.07 Å². The lowest BCUT2D eigenvalue weighted by atomic mass is 10.0. The molecule has 2 N–H and O–H groups in total. The zero-order chi connectivity index (χ0) is 14.8. The van der Waals surface area contributed by atoms with E-state index in [-0.39, 0.29) is 10.9 Å². The summed E-state index contributed by atoms with van der Waals surface area (Å²) in [7, 11) is -4.59. The molecule has 0 bridgehead atoms. The van der Waals surface area contributed by atoms with Gasteiger partial charge in [0.25, 0.3) is 0 Å². The van der Waals surface area contributed by atoms with Crippen molar-refractivity contribution in [2.45, 2.75) is 30.7 Å². The second kappa shape index (κ2) is 6.24. The second-order valence-electron chi connectivity index (χ2n) is 5.11. The molecule has 0 amide bonds. The van der Waals surface area contributed by atoms with Crippen LogP contribution in [0, 0.1) is 0 Å². The Morgan fingerprint density at radius 1 is 1.45 bits per heavy atom. The molecule has 5 nitrogen and oxygen atoms in total. The molecule has 7 heteroatoms. The number of benzene rings is 1. The van der Waals surface area contributed by atoms with Crippen molar-refractivity contribution < 1.29 is 12.6 Å². The van der Waals surface area contributed by atoms with E-state index in [9.17, 15) is 12.6 Å². The average molecular weight is 316 g/mol. The van der Waals surface area contributed by atoms with Crippen LogP contribution in [0.25, 0.3) is 0 Å². The molecule has 0 saturated carbocycles. The summed E-state index contributed by atoms with van der Waals surface area (Å²) in [5.41, 5.74) is 2.05. The fourth-order valence-electron chi connectivity index (χ4n) is 2.33. The Morgan fingerprint density at radius 2 is 2.20 bits per heavy atom. The van der Waals surface area contributed by atoms with Crippen molar-refractivity contribution >= 4 is 26.5 Å². The van der Waals surface area contributed by atoms with E-state index in [2.05, 4.69) is 10.0 Å². The van der Waals surface area contributed by atoms with Crippen molar-refractivity contribution in [2.75, 3.05) is 23.9 Å². The highest BCUT2D eigenvalue weighted by molar-refractivity contribution is 7.89. The van der Waals surface area contributed by atoms with Crippen molar-refractivity contribution in [3.63, 3.8) is 0 Å². The van der Waals surface area contributed by atoms with Crippen molar-refractivity contribution in [3.05, 3.63) is 23.8 Å². The molecule has 2 atom stereocenters. The van der Waals surface area contributed by atoms with Crippen LogP contribution in [0.3, 0.4) is 0 Å². The number of anilines is 1. The first-order valence-corrected chi connectivity index (χ1v) is 9.78. The zero-order valence-corrected chi connectivity index (χ0v) is 13.3. The van der Waals surface area contributed by atoms with Gasteiger partial charge < -0.3 is 5.32 Å². The highest BCUT2D eigenvalue weighted by Crippen LogP contribution is 2.25. The smallest absolute Gasteiger partial charge is 0.240 e. The van der Waals surface area contributed by atoms with Gasteiger partial charge in [-0.25, -0.2) is 13.1 Å². The fraction of sp³-hybridized carbons (Fsp3) is 0.538. The largest absolute Gasteiger partial charge is 0.385 e. The summed E-state index contributed by atoms with van der Waals surface area (Å²) in [6.07, 6.45) is 3.60. The Labute approximate surface area is 122 Å². The maximum atomic E-state index is 12.3. The molecule has 0 radical (unpaired) electrons. The van der Waals surface area contributed by atoms with Gasteiger partial charge in [-0.05, 0) is 37.5 Å². The number of hydrogen-bond acceptors (Lipinski definition) is 4. The van der Waals surface area contributed by atoms with E-state index in [0.29, 0.717) is 5.75 Å². The van der Waals surface area contributed by atoms with Gasteiger partial charge in [0, 0.05) is 41.1 Å². The van der Waals surface area contributed by atoms with Crippen LogP contribution >= 0.6 is 0 Å². The van der Waals surface area contributed by atoms with Gasteiger partial charge in [0.05, 0.1) is 4.90 Å². The molecular weight excluding hydrogens is 296 g/mol. The van der Waals surface area contributed by atoms with Gasteiger partial charge in [0.2, 0.25) is 10.0 Å². The number of hydrogen-bond donors (Lipinski definition) is 2. The molecule has 0 aromatic heterocycles. The first-order valence-electron chi connectivity index (χ1n) is 6.57. The molecule has 0 spiro atoms. The molecule has 20 heavy (non-hydrogen) atoms. The summed E-state index contributed by atoms with van der Waals surface area (Å²) in [6.45, 7) is 2.59. The third-order valence-electron chi connectivity index (χ3n) is 3.17. The van der Waals surface area contributed by atoms with Crippen LogP contribution in [0.2, 0.25) is 0 Å². The lowest BCUT2D eigenvalue weighted by Gasteiger charge is -2.19. The molecule has 1 aromatic rings. The topological polar surface area (TPSA) is 75.3 Å². The molecule has 1 aliphatic rings. The quantitative estimate of drug-likeness (QED) is 0.853. The first-order chi connectivity index (χ1) is 9.38. The van der Waals surface area contributed by atoms with Gasteiger partial charge in [-0.15, -0.1) is 0 Å². The molecule has 1 heterocycles. The standard InChI is InChI=1S/C13H20N2O3S2/c1-10(9-19(2)16)15-20(17,18)12-6-5-11-4-3-7-14-13(11)8-12/h5-6,8,10,14-15H,3-4,7,9H2,1-2H3. The van der Waals surface area contributed by atoms with Crippen molar-refractivity contribution in [2.24, 2.45) is 0 Å². The first kappa shape index (κ1) is 15.5. The Hall–Kier alpha value is -0.920. The van der Waals surface area contributed by atoms with E-state index in [0.717, 1.165) is 30.6 Å². The number of rotatable bonds is 5. The van der Waals surface area contributed by atoms with Crippen LogP contribution in [-0.2, 0) is 27.2 Å². The van der Waals surface area contributed by atoms with E-state index < -0.39 is 20.8 Å². The molecule has 0 saturated heterocycles. The molecule has 1 aromatic carbocycles. The van der Waals surface area contributed by atoms with Gasteiger partial charge in [0.15, 0.2) is 0 Å². The van der Waals surface area contributed by atoms with Crippen LogP contribution < -0.4 is 10.0 Å². The third kappa shape index (κ3) is 3.80. The van der Waals surface area contributed by atoms with Crippen LogP contribution in [0.4, 0.5) is 5.69 Å². The van der Waals surface area contributed by atoms with Crippen molar-refractivity contribution in [1.82, 2.24) is 4.72 Å². The van der Waals surface area contributed by atoms with Crippen molar-refractivity contribution in [1.29, 1.82) is 0 Å². The molecule has 2 unspecified atom stereocenters. The van der Waals surface area contributed by atoms with Crippen LogP contribution in [-0.4, -0.2) is 37.2 Å². The lowest BCUT2D eigenvalue weighted by molar-refractivity contribution is 0.570. The maximum Gasteiger partial charge on any atom is 0.240 e. The zero-order valence-electron chi connectivity index (χ0n) is 11.7. The summed E-state index contributed by atoms with van der Waals surface area (Å²) >= 11 is 0. The van der Waals surface area contributed by atoms with E-state index in [1.54, 1.807) is 25.3 Å². The summed E-state index contributed by atoms with van der Waals surface area (Å²) in [4.78, 5) is 0.249. The number of sulfonamides is 1. The highest BCUT2D eigenvalue weighted by atomic mass is 32.2. The Morgan fingerprint density at radius 3 is 2.90 bits per heavy atom. The Kier molecular flexibility index (Phi) is 4.82. The Bertz CT molecular complexity index is 614. The van der Waals surface area contributed by atoms with Gasteiger partial charge in [-0.3, -0.25) is 4.21 Å². The summed E-state index contributed by atoms with van der Waals surface area (Å²) in [5.74, 6) is 0.308. The maximum absolute atomic E-state index is 12.3. The molecule has 0 fully saturated rings. The minimum absolute atomic E-state index is 0.249. The summed E-state index contributed by atoms with van der Waals surface area (Å²) in [5, 5.41) is 3.22. The minimum Gasteiger partial charge on any atom is -0.385 e. The molecule has 1 aliphatic heterocycles. The predicted octanol–water partition coefficient (Wildman–Crippen LogP) is 1.09. The molecule has 112 valence electrons. The van der Waals surface area contributed by atoms with E-state index in [1.165, 1.54) is 0 Å². The summed E-state index contributed by atoms with van der Waals surface area (Å²) < 4.78 is 38.2. The molecule has 0 aliphatic carbocycles. The predicted molar refractivity (Wildman–Crippen MR) is 82.0 cm³/mol. The lowest BCUT2D eigenvalue weighted by Crippen LogP contribution is -2.36. The van der Waals surface area contributed by atoms with Gasteiger partial charge >= 0.3 is 0 Å². The third-order valence-corrected chi connectivity index (χ3v) is 5.73. The number of fused-ring (bicyclic) bond motifs is 1. The van der Waals surface area contributed by atoms with E-state index in [4.69, 9.17) is 0 Å². The number of nitrogens with one attached hydrogen (secondary N) is 2. The van der Waals surface area contributed by atoms with E-state index >= 15 is 0 Å². The Balaban J connectivity index is 2.19. The van der Waals surface area contributed by atoms with Crippen LogP contribution in [0.15, 0.2) is 23.1 Å². The second-order valence-corrected chi connectivity index (χ2v) is 8.31. The average Bonchev–Trinajstić information content (AvgIpc) is 2.36. The van der Waals surface area contributed by atoms with Gasteiger partial charge in [0.1, 0.15) is 0 Å². The van der Waals surface area contributed by atoms with Gasteiger partial charge in [-0.1, -0.05) is 6.07 Å². The molecular formula is C13H20N2O3S2.